The quantitative estimate of drug-likeness (QED) is 0.503. The first-order valence-corrected chi connectivity index (χ1v) is 8.98. The van der Waals surface area contributed by atoms with Crippen LogP contribution in [0.25, 0.3) is 0 Å². The summed E-state index contributed by atoms with van der Waals surface area (Å²) in [7, 11) is 0. The summed E-state index contributed by atoms with van der Waals surface area (Å²) in [6.07, 6.45) is 1.09. The summed E-state index contributed by atoms with van der Waals surface area (Å²) in [6.45, 7) is -0.0607. The predicted octanol–water partition coefficient (Wildman–Crippen LogP) is 2.92. The molecule has 8 heteroatoms. The number of hydrogen-bond acceptors (Lipinski definition) is 5. The molecule has 4 rings (SSSR count). The van der Waals surface area contributed by atoms with E-state index in [1.807, 2.05) is 36.4 Å². The Morgan fingerprint density at radius 3 is 2.55 bits per heavy atom. The van der Waals surface area contributed by atoms with Gasteiger partial charge in [-0.3, -0.25) is 29.2 Å². The van der Waals surface area contributed by atoms with Gasteiger partial charge in [-0.05, 0) is 17.7 Å². The van der Waals surface area contributed by atoms with Crippen molar-refractivity contribution >= 4 is 17.3 Å². The standard InChI is InChI=1S/C21H17N3O5/c25-20-11-10-16(24(27)28)12-22(20)13-21(26)23-17-8-4-5-9-19(17)29-14-18(23)15-6-2-1-3-7-15/h1-12,18H,13-14H2/t18-/m1/s1. The first-order chi connectivity index (χ1) is 14.0. The van der Waals surface area contributed by atoms with Gasteiger partial charge in [0.25, 0.3) is 11.2 Å². The molecular formula is C21H17N3O5. The van der Waals surface area contributed by atoms with Gasteiger partial charge >= 0.3 is 0 Å². The maximum absolute atomic E-state index is 13.3. The van der Waals surface area contributed by atoms with Crippen LogP contribution in [0.15, 0.2) is 77.7 Å². The zero-order chi connectivity index (χ0) is 20.4. The highest BCUT2D eigenvalue weighted by molar-refractivity contribution is 5.96. The van der Waals surface area contributed by atoms with Gasteiger partial charge in [-0.15, -0.1) is 0 Å². The summed E-state index contributed by atoms with van der Waals surface area (Å²) in [5.41, 5.74) is 0.749. The minimum absolute atomic E-state index is 0.251. The van der Waals surface area contributed by atoms with Crippen LogP contribution >= 0.6 is 0 Å². The van der Waals surface area contributed by atoms with Crippen molar-refractivity contribution in [1.29, 1.82) is 0 Å². The summed E-state index contributed by atoms with van der Waals surface area (Å²) in [5, 5.41) is 11.0. The summed E-state index contributed by atoms with van der Waals surface area (Å²) in [6, 6.07) is 18.5. The molecule has 0 N–H and O–H groups in total. The van der Waals surface area contributed by atoms with Crippen molar-refractivity contribution in [2.75, 3.05) is 11.5 Å². The number of carbonyl (C=O) groups excluding carboxylic acids is 1. The number of fused-ring (bicyclic) bond motifs is 1. The van der Waals surface area contributed by atoms with Crippen LogP contribution in [0.3, 0.4) is 0 Å². The van der Waals surface area contributed by atoms with E-state index in [2.05, 4.69) is 0 Å². The van der Waals surface area contributed by atoms with Crippen molar-refractivity contribution in [3.63, 3.8) is 0 Å². The molecule has 1 aliphatic heterocycles. The van der Waals surface area contributed by atoms with Crippen LogP contribution < -0.4 is 15.2 Å². The predicted molar refractivity (Wildman–Crippen MR) is 106 cm³/mol. The molecule has 0 bridgehead atoms. The minimum atomic E-state index is -0.600. The van der Waals surface area contributed by atoms with Crippen LogP contribution in [0.2, 0.25) is 0 Å². The van der Waals surface area contributed by atoms with Crippen LogP contribution in [-0.4, -0.2) is 22.0 Å². The van der Waals surface area contributed by atoms with Crippen LogP contribution in [0.5, 0.6) is 5.75 Å². The summed E-state index contributed by atoms with van der Waals surface area (Å²) in [5.74, 6) is 0.205. The van der Waals surface area contributed by atoms with E-state index >= 15 is 0 Å². The first kappa shape index (κ1) is 18.4. The molecule has 0 radical (unpaired) electrons. The van der Waals surface area contributed by atoms with Gasteiger partial charge in [-0.2, -0.15) is 0 Å². The van der Waals surface area contributed by atoms with Crippen LogP contribution in [0.4, 0.5) is 11.4 Å². The van der Waals surface area contributed by atoms with Crippen LogP contribution in [0, 0.1) is 10.1 Å². The lowest BCUT2D eigenvalue weighted by Gasteiger charge is -2.37. The molecule has 0 aliphatic carbocycles. The van der Waals surface area contributed by atoms with Gasteiger partial charge in [0.15, 0.2) is 0 Å². The summed E-state index contributed by atoms with van der Waals surface area (Å²) >= 11 is 0. The molecule has 146 valence electrons. The largest absolute Gasteiger partial charge is 0.489 e. The zero-order valence-corrected chi connectivity index (χ0v) is 15.3. The highest BCUT2D eigenvalue weighted by atomic mass is 16.6. The van der Waals surface area contributed by atoms with E-state index in [4.69, 9.17) is 4.74 Å². The normalized spacial score (nSPS) is 15.3. The van der Waals surface area contributed by atoms with Crippen LogP contribution in [-0.2, 0) is 11.3 Å². The van der Waals surface area contributed by atoms with Gasteiger partial charge in [0.05, 0.1) is 22.8 Å². The van der Waals surface area contributed by atoms with Crippen molar-refractivity contribution in [3.8, 4) is 5.75 Å². The van der Waals surface area contributed by atoms with Crippen molar-refractivity contribution in [3.05, 3.63) is 99.0 Å². The van der Waals surface area contributed by atoms with E-state index in [1.54, 1.807) is 23.1 Å². The number of rotatable bonds is 4. The molecule has 1 atom stereocenters. The number of nitrogens with zero attached hydrogens (tertiary/aromatic N) is 3. The molecule has 0 saturated carbocycles. The van der Waals surface area contributed by atoms with E-state index in [0.717, 1.165) is 28.5 Å². The Bertz CT molecular complexity index is 1130. The molecule has 0 saturated heterocycles. The SMILES string of the molecule is O=C(Cn1cc([N+](=O)[O-])ccc1=O)N1c2ccccc2OC[C@@H]1c1ccccc1. The lowest BCUT2D eigenvalue weighted by Crippen LogP contribution is -2.43. The van der Waals surface area contributed by atoms with E-state index < -0.39 is 10.5 Å². The minimum Gasteiger partial charge on any atom is -0.489 e. The fraction of sp³-hybridized carbons (Fsp3) is 0.143. The number of ether oxygens (including phenoxy) is 1. The van der Waals surface area contributed by atoms with E-state index in [9.17, 15) is 19.7 Å². The van der Waals surface area contributed by atoms with Crippen molar-refractivity contribution in [2.24, 2.45) is 0 Å². The number of nitro groups is 1. The molecule has 2 heterocycles. The molecule has 8 nitrogen and oxygen atoms in total. The van der Waals surface area contributed by atoms with Gasteiger partial charge in [-0.25, -0.2) is 0 Å². The average molecular weight is 391 g/mol. The maximum Gasteiger partial charge on any atom is 0.285 e. The van der Waals surface area contributed by atoms with E-state index in [1.165, 1.54) is 0 Å². The van der Waals surface area contributed by atoms with E-state index in [0.29, 0.717) is 11.4 Å². The average Bonchev–Trinajstić information content (AvgIpc) is 2.74. The molecule has 29 heavy (non-hydrogen) atoms. The number of carbonyl (C=O) groups is 1. The molecule has 3 aromatic rings. The highest BCUT2D eigenvalue weighted by Crippen LogP contribution is 2.39. The van der Waals surface area contributed by atoms with Crippen molar-refractivity contribution < 1.29 is 14.5 Å². The molecule has 1 aliphatic rings. The molecular weight excluding hydrogens is 374 g/mol. The molecule has 1 aromatic heterocycles. The number of hydrogen-bond donors (Lipinski definition) is 0. The summed E-state index contributed by atoms with van der Waals surface area (Å²) in [4.78, 5) is 37.5. The number of anilines is 1. The van der Waals surface area contributed by atoms with Gasteiger partial charge in [0, 0.05) is 12.1 Å². The molecule has 1 amide bonds. The molecule has 2 aromatic carbocycles. The van der Waals surface area contributed by atoms with Gasteiger partial charge < -0.3 is 4.74 Å². The highest BCUT2D eigenvalue weighted by Gasteiger charge is 2.33. The Morgan fingerprint density at radius 2 is 1.79 bits per heavy atom. The maximum atomic E-state index is 13.3. The fourth-order valence-corrected chi connectivity index (χ4v) is 3.39. The molecule has 0 fully saturated rings. The molecule has 0 unspecified atom stereocenters. The van der Waals surface area contributed by atoms with Crippen molar-refractivity contribution in [2.45, 2.75) is 12.6 Å². The smallest absolute Gasteiger partial charge is 0.285 e. The third kappa shape index (κ3) is 3.60. The third-order valence-corrected chi connectivity index (χ3v) is 4.77. The van der Waals surface area contributed by atoms with Crippen molar-refractivity contribution in [1.82, 2.24) is 4.57 Å². The Balaban J connectivity index is 1.73. The van der Waals surface area contributed by atoms with Gasteiger partial charge in [0.1, 0.15) is 18.9 Å². The zero-order valence-electron chi connectivity index (χ0n) is 15.3. The second-order valence-electron chi connectivity index (χ2n) is 6.58. The van der Waals surface area contributed by atoms with Gasteiger partial charge in [-0.1, -0.05) is 42.5 Å². The number of benzene rings is 2. The first-order valence-electron chi connectivity index (χ1n) is 8.98. The Hall–Kier alpha value is -3.94. The number of pyridine rings is 1. The summed E-state index contributed by atoms with van der Waals surface area (Å²) < 4.78 is 6.90. The second kappa shape index (κ2) is 7.59. The third-order valence-electron chi connectivity index (χ3n) is 4.77. The number of para-hydroxylation sites is 2. The number of aromatic nitrogens is 1. The lowest BCUT2D eigenvalue weighted by molar-refractivity contribution is -0.385. The lowest BCUT2D eigenvalue weighted by atomic mass is 10.0. The van der Waals surface area contributed by atoms with E-state index in [-0.39, 0.29) is 30.8 Å². The molecule has 0 spiro atoms. The van der Waals surface area contributed by atoms with Gasteiger partial charge in [0.2, 0.25) is 5.91 Å². The number of amides is 1. The fourth-order valence-electron chi connectivity index (χ4n) is 3.39. The topological polar surface area (TPSA) is 94.7 Å². The Morgan fingerprint density at radius 1 is 1.07 bits per heavy atom. The Labute approximate surface area is 165 Å². The monoisotopic (exact) mass is 391 g/mol. The second-order valence-corrected chi connectivity index (χ2v) is 6.58. The van der Waals surface area contributed by atoms with Crippen LogP contribution in [0.1, 0.15) is 11.6 Å². The Kier molecular flexibility index (Phi) is 4.82.